The normalized spacial score (nSPS) is 35.8. The summed E-state index contributed by atoms with van der Waals surface area (Å²) < 4.78 is 5.83. The first kappa shape index (κ1) is 20.0. The molecule has 4 nitrogen and oxygen atoms in total. The van der Waals surface area contributed by atoms with E-state index < -0.39 is 0 Å². The summed E-state index contributed by atoms with van der Waals surface area (Å²) in [6.07, 6.45) is 6.94. The summed E-state index contributed by atoms with van der Waals surface area (Å²) in [4.78, 5) is 4.60. The molecule has 1 aromatic carbocycles. The molecule has 0 aliphatic heterocycles. The quantitative estimate of drug-likeness (QED) is 0.793. The number of aromatic nitrogens is 1. The molecule has 7 atom stereocenters. The Morgan fingerprint density at radius 2 is 2.10 bits per heavy atom. The van der Waals surface area contributed by atoms with Gasteiger partial charge in [-0.05, 0) is 84.6 Å². The van der Waals surface area contributed by atoms with Crippen LogP contribution in [0.5, 0.6) is 5.75 Å². The number of benzene rings is 1. The average Bonchev–Trinajstić information content (AvgIpc) is 3.02. The fourth-order valence-electron chi connectivity index (χ4n) is 6.99. The maximum absolute atomic E-state index is 10.8. The van der Waals surface area contributed by atoms with Crippen molar-refractivity contribution in [1.82, 2.24) is 4.98 Å². The van der Waals surface area contributed by atoms with Crippen molar-refractivity contribution in [2.24, 2.45) is 23.0 Å². The van der Waals surface area contributed by atoms with Gasteiger partial charge in [-0.2, -0.15) is 0 Å². The number of hydrogen-bond donors (Lipinski definition) is 2. The van der Waals surface area contributed by atoms with Gasteiger partial charge < -0.3 is 15.6 Å². The van der Waals surface area contributed by atoms with Crippen LogP contribution in [0.3, 0.4) is 0 Å². The molecule has 4 heteroatoms. The molecule has 2 saturated carbocycles. The number of nitrogens with zero attached hydrogens (tertiary/aromatic N) is 1. The molecule has 0 amide bonds. The van der Waals surface area contributed by atoms with Crippen LogP contribution in [0.1, 0.15) is 73.8 Å². The van der Waals surface area contributed by atoms with E-state index in [0.717, 1.165) is 37.1 Å². The third-order valence-electron chi connectivity index (χ3n) is 8.72. The molecule has 30 heavy (non-hydrogen) atoms. The van der Waals surface area contributed by atoms with E-state index in [4.69, 9.17) is 10.5 Å². The second kappa shape index (κ2) is 7.35. The minimum atomic E-state index is -0.361. The van der Waals surface area contributed by atoms with Crippen LogP contribution in [-0.4, -0.2) is 29.3 Å². The van der Waals surface area contributed by atoms with Crippen LogP contribution in [0.4, 0.5) is 0 Å². The highest BCUT2D eigenvalue weighted by Crippen LogP contribution is 2.61. The maximum Gasteiger partial charge on any atom is 0.123 e. The summed E-state index contributed by atoms with van der Waals surface area (Å²) >= 11 is 0. The van der Waals surface area contributed by atoms with Crippen molar-refractivity contribution in [3.8, 4) is 5.75 Å². The highest BCUT2D eigenvalue weighted by atomic mass is 16.5. The first-order chi connectivity index (χ1) is 14.4. The summed E-state index contributed by atoms with van der Waals surface area (Å²) in [5.41, 5.74) is 11.6. The second-order valence-corrected chi connectivity index (χ2v) is 10.1. The monoisotopic (exact) mass is 406 g/mol. The first-order valence-electron chi connectivity index (χ1n) is 11.5. The van der Waals surface area contributed by atoms with E-state index in [1.54, 1.807) is 7.11 Å². The Kier molecular flexibility index (Phi) is 4.90. The third-order valence-corrected chi connectivity index (χ3v) is 8.72. The number of rotatable bonds is 3. The van der Waals surface area contributed by atoms with Crippen LogP contribution in [0, 0.1) is 17.3 Å². The summed E-state index contributed by atoms with van der Waals surface area (Å²) in [7, 11) is 1.77. The maximum atomic E-state index is 10.8. The van der Waals surface area contributed by atoms with E-state index in [1.807, 2.05) is 12.3 Å². The fraction of sp³-hybridized carbons (Fsp3) is 0.577. The number of hydrogen-bond acceptors (Lipinski definition) is 4. The van der Waals surface area contributed by atoms with Crippen molar-refractivity contribution in [2.45, 2.75) is 69.9 Å². The van der Waals surface area contributed by atoms with Gasteiger partial charge in [-0.3, -0.25) is 4.98 Å². The van der Waals surface area contributed by atoms with Crippen LogP contribution < -0.4 is 10.5 Å². The molecule has 0 radical (unpaired) electrons. The average molecular weight is 407 g/mol. The van der Waals surface area contributed by atoms with Crippen molar-refractivity contribution in [2.75, 3.05) is 7.11 Å². The lowest BCUT2D eigenvalue weighted by atomic mass is 9.55. The van der Waals surface area contributed by atoms with Gasteiger partial charge in [0.15, 0.2) is 0 Å². The topological polar surface area (TPSA) is 68.4 Å². The van der Waals surface area contributed by atoms with Crippen LogP contribution >= 0.6 is 0 Å². The van der Waals surface area contributed by atoms with Gasteiger partial charge >= 0.3 is 0 Å². The molecule has 1 unspecified atom stereocenters. The lowest BCUT2D eigenvalue weighted by molar-refractivity contribution is -0.0256. The molecule has 1 aromatic heterocycles. The van der Waals surface area contributed by atoms with Crippen LogP contribution in [0.25, 0.3) is 0 Å². The van der Waals surface area contributed by atoms with Gasteiger partial charge in [0.25, 0.3) is 0 Å². The zero-order valence-corrected chi connectivity index (χ0v) is 18.3. The Morgan fingerprint density at radius 3 is 2.83 bits per heavy atom. The van der Waals surface area contributed by atoms with E-state index in [0.29, 0.717) is 17.8 Å². The van der Waals surface area contributed by atoms with Crippen molar-refractivity contribution < 1.29 is 9.84 Å². The van der Waals surface area contributed by atoms with E-state index in [9.17, 15) is 5.11 Å². The highest BCUT2D eigenvalue weighted by molar-refractivity contribution is 5.49. The highest BCUT2D eigenvalue weighted by Gasteiger charge is 2.57. The molecule has 0 bridgehead atoms. The molecular formula is C26H34N2O2. The standard InChI is InChI=1S/C26H34N2O2/c1-15(23-6-4-5-11-28-23)19-13-20-16(12-24(19)30-3)7-8-18-17(20)9-10-26(2)21(18)14-22(27)25(26)29/h4-6,11-13,15,17-18,21-22,25,29H,7-10,14,27H2,1-3H3/t15?,17-,18+,21-,22+,25+,26-/m0/s1. The minimum Gasteiger partial charge on any atom is -0.496 e. The van der Waals surface area contributed by atoms with Gasteiger partial charge in [-0.25, -0.2) is 0 Å². The molecule has 160 valence electrons. The Hall–Kier alpha value is -1.91. The number of fused-ring (bicyclic) bond motifs is 5. The zero-order valence-electron chi connectivity index (χ0n) is 18.3. The zero-order chi connectivity index (χ0) is 21.0. The van der Waals surface area contributed by atoms with Crippen molar-refractivity contribution in [3.05, 3.63) is 58.9 Å². The SMILES string of the molecule is COc1cc2c(cc1C(C)c1ccccn1)[C@H]1CC[C@]3(C)[C@H](O)[C@H](N)C[C@H]3[C@@H]1CC2. The Bertz CT molecular complexity index is 930. The van der Waals surface area contributed by atoms with E-state index >= 15 is 0 Å². The van der Waals surface area contributed by atoms with Crippen molar-refractivity contribution in [3.63, 3.8) is 0 Å². The Labute approximate surface area is 179 Å². The predicted octanol–water partition coefficient (Wildman–Crippen LogP) is 4.40. The van der Waals surface area contributed by atoms with Crippen molar-refractivity contribution >= 4 is 0 Å². The molecule has 3 N–H and O–H groups in total. The number of methoxy groups -OCH3 is 1. The summed E-state index contributed by atoms with van der Waals surface area (Å²) in [6.45, 7) is 4.50. The molecule has 2 fully saturated rings. The largest absolute Gasteiger partial charge is 0.496 e. The smallest absolute Gasteiger partial charge is 0.123 e. The van der Waals surface area contributed by atoms with E-state index in [2.05, 4.69) is 43.1 Å². The van der Waals surface area contributed by atoms with Gasteiger partial charge in [-0.15, -0.1) is 0 Å². The molecule has 3 aliphatic rings. The van der Waals surface area contributed by atoms with Crippen molar-refractivity contribution in [1.29, 1.82) is 0 Å². The molecule has 1 heterocycles. The lowest BCUT2D eigenvalue weighted by Crippen LogP contribution is -2.45. The van der Waals surface area contributed by atoms with Gasteiger partial charge in [-0.1, -0.05) is 26.0 Å². The van der Waals surface area contributed by atoms with Crippen LogP contribution in [0.2, 0.25) is 0 Å². The van der Waals surface area contributed by atoms with Gasteiger partial charge in [0.05, 0.1) is 13.2 Å². The molecular weight excluding hydrogens is 372 g/mol. The molecule has 0 spiro atoms. The molecule has 3 aliphatic carbocycles. The fourth-order valence-corrected chi connectivity index (χ4v) is 6.99. The van der Waals surface area contributed by atoms with E-state index in [1.165, 1.54) is 23.1 Å². The van der Waals surface area contributed by atoms with Gasteiger partial charge in [0.2, 0.25) is 0 Å². The van der Waals surface area contributed by atoms with Gasteiger partial charge in [0.1, 0.15) is 5.75 Å². The molecule has 2 aromatic rings. The summed E-state index contributed by atoms with van der Waals surface area (Å²) in [5.74, 6) is 2.86. The predicted molar refractivity (Wildman–Crippen MR) is 119 cm³/mol. The van der Waals surface area contributed by atoms with E-state index in [-0.39, 0.29) is 23.5 Å². The Balaban J connectivity index is 1.54. The first-order valence-corrected chi connectivity index (χ1v) is 11.5. The number of ether oxygens (including phenoxy) is 1. The van der Waals surface area contributed by atoms with Crippen LogP contribution in [0.15, 0.2) is 36.5 Å². The number of pyridine rings is 1. The lowest BCUT2D eigenvalue weighted by Gasteiger charge is -2.50. The minimum absolute atomic E-state index is 0.0192. The third kappa shape index (κ3) is 2.91. The summed E-state index contributed by atoms with van der Waals surface area (Å²) in [5, 5.41) is 10.8. The Morgan fingerprint density at radius 1 is 1.27 bits per heavy atom. The van der Waals surface area contributed by atoms with Crippen LogP contribution in [-0.2, 0) is 6.42 Å². The number of nitrogens with two attached hydrogens (primary N) is 1. The summed E-state index contributed by atoms with van der Waals surface area (Å²) in [6, 6.07) is 10.7. The molecule has 0 saturated heterocycles. The number of aliphatic hydroxyl groups is 1. The number of aryl methyl sites for hydroxylation is 1. The molecule has 5 rings (SSSR count). The second-order valence-electron chi connectivity index (χ2n) is 10.1. The number of aliphatic hydroxyl groups excluding tert-OH is 1. The van der Waals surface area contributed by atoms with Gasteiger partial charge in [0, 0.05) is 29.4 Å².